The standard InChI is InChI=1S/C12H17NO2/c1-9(14)12-8-11(13(2)15-12)10-6-4-3-5-7-10/h3-7,9,11-12,14H,8H2,1-2H3/t9-,11+,12-/m0/s1. The molecule has 1 N–H and O–H groups in total. The highest BCUT2D eigenvalue weighted by Crippen LogP contribution is 2.33. The Morgan fingerprint density at radius 1 is 1.40 bits per heavy atom. The fourth-order valence-corrected chi connectivity index (χ4v) is 2.00. The predicted molar refractivity (Wildman–Crippen MR) is 58.1 cm³/mol. The molecule has 3 atom stereocenters. The molecule has 0 amide bonds. The second-order valence-corrected chi connectivity index (χ2v) is 4.09. The van der Waals surface area contributed by atoms with Gasteiger partial charge in [-0.3, -0.25) is 4.84 Å². The smallest absolute Gasteiger partial charge is 0.107 e. The maximum absolute atomic E-state index is 9.48. The number of benzene rings is 1. The first-order valence-electron chi connectivity index (χ1n) is 5.31. The lowest BCUT2D eigenvalue weighted by Gasteiger charge is -2.17. The normalized spacial score (nSPS) is 29.3. The Bertz CT molecular complexity index is 313. The van der Waals surface area contributed by atoms with Crippen LogP contribution in [-0.2, 0) is 4.84 Å². The van der Waals surface area contributed by atoms with Gasteiger partial charge in [0.25, 0.3) is 0 Å². The van der Waals surface area contributed by atoms with Crippen LogP contribution in [0, 0.1) is 0 Å². The number of hydrogen-bond donors (Lipinski definition) is 1. The van der Waals surface area contributed by atoms with Crippen LogP contribution in [0.2, 0.25) is 0 Å². The van der Waals surface area contributed by atoms with Crippen molar-refractivity contribution in [2.24, 2.45) is 0 Å². The first kappa shape index (κ1) is 10.6. The molecule has 1 saturated heterocycles. The molecule has 3 heteroatoms. The third kappa shape index (κ3) is 2.20. The van der Waals surface area contributed by atoms with Gasteiger partial charge in [0.05, 0.1) is 12.1 Å². The quantitative estimate of drug-likeness (QED) is 0.802. The molecule has 0 radical (unpaired) electrons. The minimum Gasteiger partial charge on any atom is -0.391 e. The van der Waals surface area contributed by atoms with Crippen molar-refractivity contribution in [3.05, 3.63) is 35.9 Å². The van der Waals surface area contributed by atoms with E-state index in [9.17, 15) is 5.11 Å². The number of rotatable bonds is 2. The van der Waals surface area contributed by atoms with Crippen LogP contribution in [0.1, 0.15) is 24.9 Å². The summed E-state index contributed by atoms with van der Waals surface area (Å²) in [5, 5.41) is 11.3. The zero-order valence-electron chi connectivity index (χ0n) is 9.13. The summed E-state index contributed by atoms with van der Waals surface area (Å²) in [4.78, 5) is 5.57. The van der Waals surface area contributed by atoms with Gasteiger partial charge >= 0.3 is 0 Å². The molecule has 0 aliphatic carbocycles. The molecular weight excluding hydrogens is 190 g/mol. The monoisotopic (exact) mass is 207 g/mol. The van der Waals surface area contributed by atoms with Crippen LogP contribution < -0.4 is 0 Å². The van der Waals surface area contributed by atoms with Gasteiger partial charge < -0.3 is 5.11 Å². The second-order valence-electron chi connectivity index (χ2n) is 4.09. The molecular formula is C12H17NO2. The molecule has 1 aliphatic rings. The minimum atomic E-state index is -0.416. The molecule has 15 heavy (non-hydrogen) atoms. The van der Waals surface area contributed by atoms with Crippen molar-refractivity contribution in [2.45, 2.75) is 31.6 Å². The molecule has 0 aromatic heterocycles. The summed E-state index contributed by atoms with van der Waals surface area (Å²) >= 11 is 0. The van der Waals surface area contributed by atoms with E-state index in [0.29, 0.717) is 0 Å². The minimum absolute atomic E-state index is 0.0831. The summed E-state index contributed by atoms with van der Waals surface area (Å²) in [6.45, 7) is 1.77. The number of aliphatic hydroxyl groups is 1. The van der Waals surface area contributed by atoms with Crippen molar-refractivity contribution in [1.82, 2.24) is 5.06 Å². The van der Waals surface area contributed by atoms with Gasteiger partial charge in [-0.2, -0.15) is 5.06 Å². The van der Waals surface area contributed by atoms with Crippen LogP contribution in [-0.4, -0.2) is 29.4 Å². The van der Waals surface area contributed by atoms with Gasteiger partial charge in [0.1, 0.15) is 6.10 Å². The van der Waals surface area contributed by atoms with Gasteiger partial charge in [-0.15, -0.1) is 0 Å². The number of aliphatic hydroxyl groups excluding tert-OH is 1. The average Bonchev–Trinajstić information content (AvgIpc) is 2.62. The Hall–Kier alpha value is -0.900. The molecule has 1 fully saturated rings. The molecule has 0 saturated carbocycles. The lowest BCUT2D eigenvalue weighted by molar-refractivity contribution is -0.167. The Morgan fingerprint density at radius 3 is 2.60 bits per heavy atom. The van der Waals surface area contributed by atoms with Gasteiger partial charge in [0, 0.05) is 13.5 Å². The largest absolute Gasteiger partial charge is 0.391 e. The molecule has 1 aromatic rings. The highest BCUT2D eigenvalue weighted by atomic mass is 16.7. The summed E-state index contributed by atoms with van der Waals surface area (Å²) in [5.41, 5.74) is 1.24. The van der Waals surface area contributed by atoms with Crippen molar-refractivity contribution in [3.8, 4) is 0 Å². The van der Waals surface area contributed by atoms with E-state index in [2.05, 4.69) is 12.1 Å². The SMILES string of the molecule is C[C@H](O)[C@@H]1C[C@H](c2ccccc2)N(C)O1. The third-order valence-corrected chi connectivity index (χ3v) is 2.92. The van der Waals surface area contributed by atoms with Gasteiger partial charge in [0.2, 0.25) is 0 Å². The van der Waals surface area contributed by atoms with Gasteiger partial charge in [0.15, 0.2) is 0 Å². The van der Waals surface area contributed by atoms with Crippen LogP contribution in [0.4, 0.5) is 0 Å². The molecule has 1 aliphatic heterocycles. The summed E-state index contributed by atoms with van der Waals surface area (Å²) in [7, 11) is 1.92. The molecule has 0 unspecified atom stereocenters. The lowest BCUT2D eigenvalue weighted by Crippen LogP contribution is -2.23. The van der Waals surface area contributed by atoms with E-state index in [-0.39, 0.29) is 12.1 Å². The van der Waals surface area contributed by atoms with Gasteiger partial charge in [-0.05, 0) is 12.5 Å². The molecule has 1 aromatic carbocycles. The van der Waals surface area contributed by atoms with Gasteiger partial charge in [-0.1, -0.05) is 30.3 Å². The fraction of sp³-hybridized carbons (Fsp3) is 0.500. The number of hydroxylamine groups is 2. The van der Waals surface area contributed by atoms with Gasteiger partial charge in [-0.25, -0.2) is 0 Å². The highest BCUT2D eigenvalue weighted by molar-refractivity contribution is 5.19. The molecule has 82 valence electrons. The van der Waals surface area contributed by atoms with Crippen molar-refractivity contribution < 1.29 is 9.94 Å². The van der Waals surface area contributed by atoms with Crippen LogP contribution in [0.15, 0.2) is 30.3 Å². The van der Waals surface area contributed by atoms with E-state index in [4.69, 9.17) is 4.84 Å². The number of nitrogens with zero attached hydrogens (tertiary/aromatic N) is 1. The molecule has 2 rings (SSSR count). The van der Waals surface area contributed by atoms with Crippen LogP contribution in [0.3, 0.4) is 0 Å². The molecule has 0 spiro atoms. The third-order valence-electron chi connectivity index (χ3n) is 2.92. The fourth-order valence-electron chi connectivity index (χ4n) is 2.00. The maximum atomic E-state index is 9.48. The van der Waals surface area contributed by atoms with Crippen LogP contribution in [0.5, 0.6) is 0 Å². The topological polar surface area (TPSA) is 32.7 Å². The highest BCUT2D eigenvalue weighted by Gasteiger charge is 2.34. The Labute approximate surface area is 90.2 Å². The summed E-state index contributed by atoms with van der Waals surface area (Å²) < 4.78 is 0. The summed E-state index contributed by atoms with van der Waals surface area (Å²) in [6.07, 6.45) is 0.347. The van der Waals surface area contributed by atoms with E-state index in [1.807, 2.05) is 30.3 Å². The van der Waals surface area contributed by atoms with Crippen molar-refractivity contribution in [2.75, 3.05) is 7.05 Å². The Balaban J connectivity index is 2.12. The summed E-state index contributed by atoms with van der Waals surface area (Å²) in [5.74, 6) is 0. The van der Waals surface area contributed by atoms with E-state index < -0.39 is 6.10 Å². The van der Waals surface area contributed by atoms with Crippen molar-refractivity contribution in [3.63, 3.8) is 0 Å². The average molecular weight is 207 g/mol. The first-order chi connectivity index (χ1) is 7.18. The Kier molecular flexibility index (Phi) is 3.05. The van der Waals surface area contributed by atoms with E-state index >= 15 is 0 Å². The van der Waals surface area contributed by atoms with Crippen LogP contribution >= 0.6 is 0 Å². The number of hydrogen-bond acceptors (Lipinski definition) is 3. The van der Waals surface area contributed by atoms with Crippen molar-refractivity contribution >= 4 is 0 Å². The second kappa shape index (κ2) is 4.31. The lowest BCUT2D eigenvalue weighted by atomic mass is 10.0. The molecule has 3 nitrogen and oxygen atoms in total. The Morgan fingerprint density at radius 2 is 2.07 bits per heavy atom. The summed E-state index contributed by atoms with van der Waals surface area (Å²) in [6, 6.07) is 10.5. The zero-order chi connectivity index (χ0) is 10.8. The van der Waals surface area contributed by atoms with Crippen LogP contribution in [0.25, 0.3) is 0 Å². The van der Waals surface area contributed by atoms with E-state index in [1.165, 1.54) is 5.56 Å². The molecule has 1 heterocycles. The zero-order valence-corrected chi connectivity index (χ0v) is 9.13. The van der Waals surface area contributed by atoms with E-state index in [1.54, 1.807) is 6.92 Å². The van der Waals surface area contributed by atoms with Crippen molar-refractivity contribution in [1.29, 1.82) is 0 Å². The predicted octanol–water partition coefficient (Wildman–Crippen LogP) is 1.74. The maximum Gasteiger partial charge on any atom is 0.107 e. The first-order valence-corrected chi connectivity index (χ1v) is 5.31. The molecule has 0 bridgehead atoms. The van der Waals surface area contributed by atoms with E-state index in [0.717, 1.165) is 6.42 Å².